The number of benzene rings is 1. The quantitative estimate of drug-likeness (QED) is 0.851. The largest absolute Gasteiger partial charge is 0.377 e. The van der Waals surface area contributed by atoms with Gasteiger partial charge in [0.1, 0.15) is 5.82 Å². The van der Waals surface area contributed by atoms with Crippen LogP contribution in [0.1, 0.15) is 44.0 Å². The summed E-state index contributed by atoms with van der Waals surface area (Å²) in [6.07, 6.45) is 4.14. The maximum atomic E-state index is 13.7. The molecule has 108 valence electrons. The van der Waals surface area contributed by atoms with E-state index in [1.807, 2.05) is 29.9 Å². The van der Waals surface area contributed by atoms with Crippen LogP contribution < -0.4 is 5.32 Å². The molecule has 2 rings (SSSR count). The predicted octanol–water partition coefficient (Wildman–Crippen LogP) is 4.30. The molecular formula is C16H22FN3. The third kappa shape index (κ3) is 3.18. The number of anilines is 1. The number of hydrogen-bond donors (Lipinski definition) is 1. The van der Waals surface area contributed by atoms with Gasteiger partial charge >= 0.3 is 0 Å². The number of rotatable bonds is 6. The lowest BCUT2D eigenvalue weighted by molar-refractivity contribution is 0.426. The van der Waals surface area contributed by atoms with Crippen molar-refractivity contribution in [2.75, 3.05) is 5.32 Å². The van der Waals surface area contributed by atoms with Crippen LogP contribution in [0, 0.1) is 12.7 Å². The number of hydrogen-bond acceptors (Lipinski definition) is 2. The van der Waals surface area contributed by atoms with Crippen LogP contribution in [0.4, 0.5) is 10.1 Å². The lowest BCUT2D eigenvalue weighted by Gasteiger charge is -2.13. The van der Waals surface area contributed by atoms with E-state index in [4.69, 9.17) is 0 Å². The fraction of sp³-hybridized carbons (Fsp3) is 0.438. The van der Waals surface area contributed by atoms with Gasteiger partial charge in [0.25, 0.3) is 0 Å². The highest BCUT2D eigenvalue weighted by molar-refractivity contribution is 5.51. The lowest BCUT2D eigenvalue weighted by Crippen LogP contribution is -2.09. The zero-order valence-corrected chi connectivity index (χ0v) is 12.4. The van der Waals surface area contributed by atoms with Crippen LogP contribution in [0.15, 0.2) is 30.5 Å². The Morgan fingerprint density at radius 2 is 2.00 bits per heavy atom. The molecule has 1 heterocycles. The summed E-state index contributed by atoms with van der Waals surface area (Å²) in [6, 6.07) is 7.52. The Labute approximate surface area is 119 Å². The summed E-state index contributed by atoms with van der Waals surface area (Å²) in [7, 11) is 0. The molecule has 0 saturated heterocycles. The fourth-order valence-electron chi connectivity index (χ4n) is 2.37. The van der Waals surface area contributed by atoms with Gasteiger partial charge in [0.15, 0.2) is 0 Å². The molecule has 1 aromatic heterocycles. The summed E-state index contributed by atoms with van der Waals surface area (Å²) >= 11 is 0. The fourth-order valence-corrected chi connectivity index (χ4v) is 2.37. The zero-order valence-electron chi connectivity index (χ0n) is 12.4. The van der Waals surface area contributed by atoms with Crippen molar-refractivity contribution in [3.05, 3.63) is 47.5 Å². The molecule has 1 N–H and O–H groups in total. The summed E-state index contributed by atoms with van der Waals surface area (Å²) < 4.78 is 15.7. The molecule has 0 aliphatic carbocycles. The number of aromatic nitrogens is 2. The second-order valence-corrected chi connectivity index (χ2v) is 5.04. The minimum atomic E-state index is -0.218. The molecule has 0 amide bonds. The number of nitrogens with one attached hydrogen (secondary N) is 1. The van der Waals surface area contributed by atoms with Crippen LogP contribution in [-0.4, -0.2) is 9.78 Å². The zero-order chi connectivity index (χ0) is 14.5. The Bertz CT molecular complexity index is 538. The van der Waals surface area contributed by atoms with Crippen LogP contribution in [0.3, 0.4) is 0 Å². The van der Waals surface area contributed by atoms with Crippen molar-refractivity contribution in [1.29, 1.82) is 0 Å². The topological polar surface area (TPSA) is 29.9 Å². The van der Waals surface area contributed by atoms with Crippen molar-refractivity contribution >= 4 is 5.69 Å². The van der Waals surface area contributed by atoms with Gasteiger partial charge in [-0.1, -0.05) is 26.0 Å². The van der Waals surface area contributed by atoms with E-state index in [1.165, 1.54) is 6.07 Å². The molecule has 3 nitrogen and oxygen atoms in total. The molecule has 2 aromatic rings. The van der Waals surface area contributed by atoms with Crippen LogP contribution in [-0.2, 0) is 6.54 Å². The molecule has 0 aliphatic heterocycles. The predicted molar refractivity (Wildman–Crippen MR) is 80.3 cm³/mol. The molecule has 20 heavy (non-hydrogen) atoms. The third-order valence-electron chi connectivity index (χ3n) is 3.65. The average molecular weight is 275 g/mol. The van der Waals surface area contributed by atoms with E-state index in [-0.39, 0.29) is 5.82 Å². The van der Waals surface area contributed by atoms with E-state index in [2.05, 4.69) is 24.3 Å². The Morgan fingerprint density at radius 3 is 2.65 bits per heavy atom. The smallest absolute Gasteiger partial charge is 0.146 e. The summed E-state index contributed by atoms with van der Waals surface area (Å²) in [5.74, 6) is -0.218. The molecule has 1 aromatic carbocycles. The summed E-state index contributed by atoms with van der Waals surface area (Å²) in [4.78, 5) is 0. The first-order valence-corrected chi connectivity index (χ1v) is 7.18. The Morgan fingerprint density at radius 1 is 1.25 bits per heavy atom. The maximum absolute atomic E-state index is 13.7. The Balaban J connectivity index is 2.05. The highest BCUT2D eigenvalue weighted by atomic mass is 19.1. The van der Waals surface area contributed by atoms with E-state index in [0.29, 0.717) is 18.3 Å². The molecule has 0 spiro atoms. The normalized spacial score (nSPS) is 11.1. The number of aryl methyl sites for hydroxylation is 1. The second kappa shape index (κ2) is 6.55. The lowest BCUT2D eigenvalue weighted by atomic mass is 10.2. The van der Waals surface area contributed by atoms with E-state index in [0.717, 1.165) is 24.1 Å². The van der Waals surface area contributed by atoms with Gasteiger partial charge in [-0.05, 0) is 37.5 Å². The number of nitrogens with zero attached hydrogens (tertiary/aromatic N) is 2. The van der Waals surface area contributed by atoms with E-state index in [9.17, 15) is 4.39 Å². The number of halogens is 1. The van der Waals surface area contributed by atoms with Crippen molar-refractivity contribution in [2.45, 2.75) is 46.2 Å². The van der Waals surface area contributed by atoms with Crippen LogP contribution in [0.5, 0.6) is 0 Å². The van der Waals surface area contributed by atoms with Gasteiger partial charge in [0.05, 0.1) is 24.0 Å². The summed E-state index contributed by atoms with van der Waals surface area (Å²) in [6.45, 7) is 6.76. The van der Waals surface area contributed by atoms with Gasteiger partial charge in [-0.3, -0.25) is 4.68 Å². The van der Waals surface area contributed by atoms with Crippen molar-refractivity contribution in [3.63, 3.8) is 0 Å². The first-order chi connectivity index (χ1) is 9.65. The van der Waals surface area contributed by atoms with Gasteiger partial charge in [-0.2, -0.15) is 5.10 Å². The molecule has 0 unspecified atom stereocenters. The second-order valence-electron chi connectivity index (χ2n) is 5.04. The summed E-state index contributed by atoms with van der Waals surface area (Å²) in [5, 5.41) is 7.69. The minimum Gasteiger partial charge on any atom is -0.377 e. The highest BCUT2D eigenvalue weighted by Gasteiger charge is 2.09. The Kier molecular flexibility index (Phi) is 4.77. The third-order valence-corrected chi connectivity index (χ3v) is 3.65. The first-order valence-electron chi connectivity index (χ1n) is 7.18. The molecule has 0 bridgehead atoms. The molecule has 4 heteroatoms. The van der Waals surface area contributed by atoms with Crippen molar-refractivity contribution in [1.82, 2.24) is 9.78 Å². The van der Waals surface area contributed by atoms with Gasteiger partial charge in [-0.15, -0.1) is 0 Å². The molecule has 0 atom stereocenters. The molecule has 0 saturated carbocycles. The SMILES string of the molecule is CCC(CC)n1ccc(CNc2c(C)cccc2F)n1. The van der Waals surface area contributed by atoms with E-state index < -0.39 is 0 Å². The van der Waals surface area contributed by atoms with Crippen molar-refractivity contribution < 1.29 is 4.39 Å². The monoisotopic (exact) mass is 275 g/mol. The van der Waals surface area contributed by atoms with E-state index >= 15 is 0 Å². The van der Waals surface area contributed by atoms with Crippen LogP contribution in [0.2, 0.25) is 0 Å². The standard InChI is InChI=1S/C16H22FN3/c1-4-14(5-2)20-10-9-13(19-20)11-18-16-12(3)7-6-8-15(16)17/h6-10,14,18H,4-5,11H2,1-3H3. The van der Waals surface area contributed by atoms with Gasteiger partial charge in [-0.25, -0.2) is 4.39 Å². The average Bonchev–Trinajstić information content (AvgIpc) is 2.88. The molecule has 0 radical (unpaired) electrons. The maximum Gasteiger partial charge on any atom is 0.146 e. The molecule has 0 fully saturated rings. The van der Waals surface area contributed by atoms with Crippen LogP contribution >= 0.6 is 0 Å². The molecule has 0 aliphatic rings. The highest BCUT2D eigenvalue weighted by Crippen LogP contribution is 2.20. The minimum absolute atomic E-state index is 0.218. The first kappa shape index (κ1) is 14.6. The van der Waals surface area contributed by atoms with Crippen molar-refractivity contribution in [3.8, 4) is 0 Å². The van der Waals surface area contributed by atoms with Gasteiger partial charge in [0.2, 0.25) is 0 Å². The van der Waals surface area contributed by atoms with Gasteiger partial charge in [0, 0.05) is 6.20 Å². The summed E-state index contributed by atoms with van der Waals surface area (Å²) in [5.41, 5.74) is 2.40. The van der Waals surface area contributed by atoms with Gasteiger partial charge < -0.3 is 5.32 Å². The number of para-hydroxylation sites is 1. The molecular weight excluding hydrogens is 253 g/mol. The van der Waals surface area contributed by atoms with E-state index in [1.54, 1.807) is 6.07 Å². The van der Waals surface area contributed by atoms with Crippen LogP contribution in [0.25, 0.3) is 0 Å². The van der Waals surface area contributed by atoms with Crippen molar-refractivity contribution in [2.24, 2.45) is 0 Å². The Hall–Kier alpha value is -1.84.